The zero-order valence-corrected chi connectivity index (χ0v) is 35.1. The lowest BCUT2D eigenvalue weighted by atomic mass is 10.0. The molecule has 0 radical (unpaired) electrons. The molecular weight excluding hydrogens is 869 g/mol. The van der Waals surface area contributed by atoms with Crippen LogP contribution in [0.5, 0.6) is 5.75 Å². The highest BCUT2D eigenvalue weighted by molar-refractivity contribution is 8.01. The number of fused-ring (bicyclic) bond motifs is 2. The highest BCUT2D eigenvalue weighted by atomic mass is 32.2. The van der Waals surface area contributed by atoms with Gasteiger partial charge in [0.2, 0.25) is 17.0 Å². The number of aliphatic carboxylic acids is 3. The summed E-state index contributed by atoms with van der Waals surface area (Å²) in [6.45, 7) is 1.63. The summed E-state index contributed by atoms with van der Waals surface area (Å²) in [6, 6.07) is 10.5. The highest BCUT2D eigenvalue weighted by Gasteiger charge is 2.55. The first-order valence-corrected chi connectivity index (χ1v) is 21.7. The first kappa shape index (κ1) is 45.3. The zero-order chi connectivity index (χ0) is 44.8. The van der Waals surface area contributed by atoms with Crippen molar-refractivity contribution < 1.29 is 54.0 Å². The Morgan fingerprint density at radius 2 is 1.52 bits per heavy atom. The number of nitrogens with one attached hydrogen (secondary N) is 2. The van der Waals surface area contributed by atoms with Gasteiger partial charge in [0, 0.05) is 23.8 Å². The Hall–Kier alpha value is -6.21. The Kier molecular flexibility index (Phi) is 14.4. The van der Waals surface area contributed by atoms with Gasteiger partial charge < -0.3 is 42.5 Å². The summed E-state index contributed by atoms with van der Waals surface area (Å²) in [4.78, 5) is 87.3. The van der Waals surface area contributed by atoms with Crippen LogP contribution in [0.3, 0.4) is 0 Å². The maximum absolute atomic E-state index is 12.8. The molecule has 3 aromatic rings. The number of aromatic nitrogens is 4. The summed E-state index contributed by atoms with van der Waals surface area (Å²) in [7, 11) is 0. The van der Waals surface area contributed by atoms with Crippen molar-refractivity contribution in [2.45, 2.75) is 60.5 Å². The van der Waals surface area contributed by atoms with Gasteiger partial charge in [-0.05, 0) is 57.3 Å². The summed E-state index contributed by atoms with van der Waals surface area (Å²) >= 11 is 3.81. The third kappa shape index (κ3) is 9.63. The van der Waals surface area contributed by atoms with Crippen molar-refractivity contribution in [2.75, 3.05) is 17.3 Å². The number of β-lactam (4-membered cyclic amide) rings is 2. The minimum absolute atomic E-state index is 0.0461. The Balaban J connectivity index is 0.000000214. The lowest BCUT2D eigenvalue weighted by Crippen LogP contribution is -2.71. The van der Waals surface area contributed by atoms with Crippen molar-refractivity contribution in [1.29, 1.82) is 0 Å². The normalized spacial score (nSPS) is 20.9. The molecule has 4 aliphatic rings. The van der Waals surface area contributed by atoms with Crippen molar-refractivity contribution >= 4 is 76.8 Å². The van der Waals surface area contributed by atoms with Crippen LogP contribution in [0.1, 0.15) is 29.7 Å². The molecule has 24 heteroatoms. The summed E-state index contributed by atoms with van der Waals surface area (Å²) in [5.74, 6) is -4.47. The molecule has 0 saturated carbocycles. The van der Waals surface area contributed by atoms with Crippen LogP contribution in [-0.4, -0.2) is 132 Å². The number of phenolic OH excluding ortho intramolecular Hbond substituents is 1. The summed E-state index contributed by atoms with van der Waals surface area (Å²) in [5, 5.41) is 52.9. The number of carboxylic acid groups (broad SMARTS) is 3. The quantitative estimate of drug-likeness (QED) is 0.0735. The van der Waals surface area contributed by atoms with Crippen LogP contribution in [0.2, 0.25) is 0 Å². The van der Waals surface area contributed by atoms with Gasteiger partial charge in [0.25, 0.3) is 11.8 Å². The first-order chi connectivity index (χ1) is 29.6. The van der Waals surface area contributed by atoms with Gasteiger partial charge >= 0.3 is 17.9 Å². The number of aromatic hydroxyl groups is 1. The second-order valence-electron chi connectivity index (χ2n) is 13.8. The highest BCUT2D eigenvalue weighted by Crippen LogP contribution is 2.42. The molecule has 5 heterocycles. The Labute approximate surface area is 365 Å². The number of allylic oxidation sites excluding steroid dienone is 2. The van der Waals surface area contributed by atoms with Crippen molar-refractivity contribution in [3.8, 4) is 5.75 Å². The van der Waals surface area contributed by atoms with Crippen molar-refractivity contribution in [2.24, 2.45) is 11.5 Å². The number of amides is 4. The maximum Gasteiger partial charge on any atom is 0.352 e. The van der Waals surface area contributed by atoms with Gasteiger partial charge in [-0.2, -0.15) is 0 Å². The van der Waals surface area contributed by atoms with Gasteiger partial charge in [0.1, 0.15) is 52.6 Å². The van der Waals surface area contributed by atoms with Crippen molar-refractivity contribution in [1.82, 2.24) is 40.6 Å². The van der Waals surface area contributed by atoms with E-state index in [9.17, 15) is 48.9 Å². The fourth-order valence-electron chi connectivity index (χ4n) is 6.85. The first-order valence-electron chi connectivity index (χ1n) is 18.6. The fraction of sp³-hybridized carbons (Fsp3) is 0.316. The number of carbonyl (C=O) groups is 7. The second kappa shape index (κ2) is 19.7. The van der Waals surface area contributed by atoms with Crippen LogP contribution >= 0.6 is 35.3 Å². The van der Waals surface area contributed by atoms with Crippen LogP contribution in [0.15, 0.2) is 88.4 Å². The van der Waals surface area contributed by atoms with E-state index in [-0.39, 0.29) is 46.9 Å². The van der Waals surface area contributed by atoms with E-state index in [0.29, 0.717) is 28.2 Å². The van der Waals surface area contributed by atoms with E-state index < -0.39 is 71.0 Å². The molecule has 10 N–H and O–H groups in total. The lowest BCUT2D eigenvalue weighted by Gasteiger charge is -2.49. The summed E-state index contributed by atoms with van der Waals surface area (Å²) in [5.41, 5.74) is 14.6. The summed E-state index contributed by atoms with van der Waals surface area (Å²) < 4.78 is 1.09. The predicted octanol–water partition coefficient (Wildman–Crippen LogP) is -0.00350. The number of rotatable bonds is 15. The molecule has 0 aliphatic carbocycles. The molecule has 2 saturated heterocycles. The SMILES string of the molecule is C/C=C/C1=C(C(=O)O)N2C(=O)[C@@H](NC(=O)[C@H](N)c3ccc(O)cc3)[C@H]2SC1.NCc1ccccc1CC(=O)N[C@@H]1C(=O)N2C(C(=O)O)=C(CSc3nnnn3CC(=O)O)CS[C@H]12. The molecule has 2 aromatic carbocycles. The van der Waals surface area contributed by atoms with E-state index in [1.807, 2.05) is 12.1 Å². The minimum atomic E-state index is -1.26. The van der Waals surface area contributed by atoms with E-state index >= 15 is 0 Å². The largest absolute Gasteiger partial charge is 0.508 e. The predicted molar refractivity (Wildman–Crippen MR) is 223 cm³/mol. The number of hydrogen-bond donors (Lipinski definition) is 8. The Morgan fingerprint density at radius 3 is 2.13 bits per heavy atom. The number of carboxylic acids is 3. The van der Waals surface area contributed by atoms with Crippen LogP contribution in [0, 0.1) is 0 Å². The lowest BCUT2D eigenvalue weighted by molar-refractivity contribution is -0.150. The van der Waals surface area contributed by atoms with Gasteiger partial charge in [-0.3, -0.25) is 33.8 Å². The second-order valence-corrected chi connectivity index (χ2v) is 17.0. The number of phenols is 1. The Morgan fingerprint density at radius 1 is 0.903 bits per heavy atom. The standard InChI is InChI=1S/C20H21N7O6S2.C18H19N3O5S/c21-6-11-4-2-1-3-10(11)5-13(28)22-15-17(31)27-16(19(32)33)12(8-34-18(15)27)9-35-20-23-24-25-26(20)7-14(29)30;1-2-3-10-8-27-17-13(16(24)21(17)14(10)18(25)26)20-15(23)12(19)9-4-6-11(22)7-5-9/h1-4,15,18H,5-9,21H2,(H,22,28)(H,29,30)(H,32,33);2-7,12-13,17,22H,8,19H2,1H3,(H,20,23)(H,25,26)/b;3-2+/t15-,18-;12-,13-,17-/m11/s1. The number of thioether (sulfide) groups is 3. The third-order valence-electron chi connectivity index (χ3n) is 9.82. The number of carbonyl (C=O) groups excluding carboxylic acids is 4. The number of nitrogens with zero attached hydrogens (tertiary/aromatic N) is 6. The van der Waals surface area contributed by atoms with E-state index in [0.717, 1.165) is 27.6 Å². The minimum Gasteiger partial charge on any atom is -0.508 e. The Bertz CT molecular complexity index is 2390. The third-order valence-corrected chi connectivity index (χ3v) is 13.5. The van der Waals surface area contributed by atoms with Crippen LogP contribution in [-0.2, 0) is 53.1 Å². The molecule has 0 bridgehead atoms. The molecule has 0 spiro atoms. The van der Waals surface area contributed by atoms with E-state index in [1.54, 1.807) is 31.2 Å². The molecule has 326 valence electrons. The molecule has 62 heavy (non-hydrogen) atoms. The zero-order valence-electron chi connectivity index (χ0n) is 32.6. The summed E-state index contributed by atoms with van der Waals surface area (Å²) in [6.07, 6.45) is 3.45. The number of tetrazole rings is 1. The van der Waals surface area contributed by atoms with Gasteiger partial charge in [0.15, 0.2) is 0 Å². The van der Waals surface area contributed by atoms with Crippen LogP contribution in [0.25, 0.3) is 0 Å². The molecule has 4 amide bonds. The smallest absolute Gasteiger partial charge is 0.352 e. The molecule has 5 atom stereocenters. The molecule has 2 fully saturated rings. The van der Waals surface area contributed by atoms with E-state index in [1.165, 1.54) is 57.6 Å². The molecule has 21 nitrogen and oxygen atoms in total. The maximum atomic E-state index is 12.8. The van der Waals surface area contributed by atoms with Gasteiger partial charge in [-0.1, -0.05) is 60.3 Å². The number of hydrogen-bond acceptors (Lipinski definition) is 16. The number of nitrogens with two attached hydrogens (primary N) is 2. The average Bonchev–Trinajstić information content (AvgIpc) is 3.69. The fourth-order valence-corrected chi connectivity index (χ4v) is 10.5. The number of benzene rings is 2. The molecule has 4 aliphatic heterocycles. The monoisotopic (exact) mass is 908 g/mol. The van der Waals surface area contributed by atoms with Crippen molar-refractivity contribution in [3.63, 3.8) is 0 Å². The van der Waals surface area contributed by atoms with E-state index in [4.69, 9.17) is 16.6 Å². The van der Waals surface area contributed by atoms with Crippen molar-refractivity contribution in [3.05, 3.63) is 99.9 Å². The van der Waals surface area contributed by atoms with Gasteiger partial charge in [-0.25, -0.2) is 14.3 Å². The van der Waals surface area contributed by atoms with E-state index in [2.05, 4.69) is 26.2 Å². The van der Waals surface area contributed by atoms with Crippen LogP contribution < -0.4 is 22.1 Å². The molecule has 0 unspecified atom stereocenters. The van der Waals surface area contributed by atoms with Gasteiger partial charge in [-0.15, -0.1) is 28.6 Å². The molecule has 1 aromatic heterocycles. The van der Waals surface area contributed by atoms with Gasteiger partial charge in [0.05, 0.1) is 6.42 Å². The molecular formula is C38H40N10O11S3. The average molecular weight is 909 g/mol. The molecule has 7 rings (SSSR count). The van der Waals surface area contributed by atoms with Crippen LogP contribution in [0.4, 0.5) is 0 Å². The topological polar surface area (TPSA) is 327 Å².